The van der Waals surface area contributed by atoms with Crippen molar-refractivity contribution in [3.05, 3.63) is 41.5 Å². The number of hydrogen-bond acceptors (Lipinski definition) is 5. The maximum atomic E-state index is 13.5. The number of rotatable bonds is 10. The molecule has 1 aliphatic carbocycles. The molecule has 0 aliphatic heterocycles. The summed E-state index contributed by atoms with van der Waals surface area (Å²) in [5.41, 5.74) is 0.632. The maximum absolute atomic E-state index is 13.5. The van der Waals surface area contributed by atoms with Gasteiger partial charge in [-0.3, -0.25) is 9.69 Å². The molecule has 3 rings (SSSR count). The van der Waals surface area contributed by atoms with Gasteiger partial charge in [0.1, 0.15) is 17.7 Å². The Labute approximate surface area is 160 Å². The number of aromatic nitrogens is 4. The fraction of sp³-hybridized carbons (Fsp3) is 0.556. The number of carbonyl (C=O) groups is 1. The van der Waals surface area contributed by atoms with Gasteiger partial charge in [-0.15, -0.1) is 5.10 Å². The van der Waals surface area contributed by atoms with E-state index in [2.05, 4.69) is 20.8 Å². The molecule has 0 saturated heterocycles. The van der Waals surface area contributed by atoms with E-state index in [4.69, 9.17) is 0 Å². The van der Waals surface area contributed by atoms with Gasteiger partial charge < -0.3 is 5.32 Å². The quantitative estimate of drug-likeness (QED) is 0.662. The average molecular weight is 396 g/mol. The molecule has 1 aromatic heterocycles. The monoisotopic (exact) mass is 396 g/mol. The lowest BCUT2D eigenvalue weighted by Crippen LogP contribution is -2.41. The highest BCUT2D eigenvalue weighted by Gasteiger charge is 2.31. The molecule has 0 spiro atoms. The van der Waals surface area contributed by atoms with Gasteiger partial charge in [-0.2, -0.15) is 0 Å². The van der Waals surface area contributed by atoms with Gasteiger partial charge in [0, 0.05) is 25.6 Å². The van der Waals surface area contributed by atoms with Crippen LogP contribution in [0, 0.1) is 12.7 Å². The summed E-state index contributed by atoms with van der Waals surface area (Å²) in [7, 11) is 0. The first-order valence-corrected chi connectivity index (χ1v) is 9.23. The largest absolute Gasteiger partial charge is 0.353 e. The first-order chi connectivity index (χ1) is 13.4. The fourth-order valence-electron chi connectivity index (χ4n) is 3.18. The second kappa shape index (κ2) is 9.13. The number of benzene rings is 1. The van der Waals surface area contributed by atoms with Gasteiger partial charge in [-0.1, -0.05) is 12.1 Å². The lowest BCUT2D eigenvalue weighted by Gasteiger charge is -2.23. The molecule has 1 aliphatic rings. The molecule has 1 heterocycles. The van der Waals surface area contributed by atoms with Crippen molar-refractivity contribution >= 4 is 5.91 Å². The number of alkyl halides is 2. The van der Waals surface area contributed by atoms with Crippen molar-refractivity contribution in [2.24, 2.45) is 0 Å². The number of nitrogens with zero attached hydrogens (tertiary/aromatic N) is 5. The Kier molecular flexibility index (Phi) is 6.61. The Balaban J connectivity index is 1.64. The summed E-state index contributed by atoms with van der Waals surface area (Å²) in [6.45, 7) is 1.97. The van der Waals surface area contributed by atoms with Crippen LogP contribution in [-0.4, -0.2) is 63.1 Å². The number of aryl methyl sites for hydroxylation is 1. The molecule has 1 atom stereocenters. The summed E-state index contributed by atoms with van der Waals surface area (Å²) >= 11 is 0. The predicted molar refractivity (Wildman–Crippen MR) is 95.3 cm³/mol. The SMILES string of the molecule is Cc1nnnn1C(Cc1cccc(F)c1)C(=O)NCCN(CC(F)F)C1CC1. The van der Waals surface area contributed by atoms with Crippen LogP contribution in [0.15, 0.2) is 24.3 Å². The molecule has 10 heteroatoms. The van der Waals surface area contributed by atoms with Crippen LogP contribution in [0.3, 0.4) is 0 Å². The van der Waals surface area contributed by atoms with Crippen LogP contribution < -0.4 is 5.32 Å². The van der Waals surface area contributed by atoms with Crippen molar-refractivity contribution in [3.8, 4) is 0 Å². The van der Waals surface area contributed by atoms with Crippen molar-refractivity contribution in [1.82, 2.24) is 30.4 Å². The lowest BCUT2D eigenvalue weighted by molar-refractivity contribution is -0.124. The van der Waals surface area contributed by atoms with Gasteiger partial charge in [0.05, 0.1) is 6.54 Å². The average Bonchev–Trinajstić information content (AvgIpc) is 3.40. The van der Waals surface area contributed by atoms with E-state index in [9.17, 15) is 18.0 Å². The minimum absolute atomic E-state index is 0.177. The second-order valence-corrected chi connectivity index (χ2v) is 6.93. The molecule has 152 valence electrons. The van der Waals surface area contributed by atoms with Crippen molar-refractivity contribution in [3.63, 3.8) is 0 Å². The molecule has 1 amide bonds. The Morgan fingerprint density at radius 3 is 2.79 bits per heavy atom. The lowest BCUT2D eigenvalue weighted by atomic mass is 10.1. The van der Waals surface area contributed by atoms with Crippen molar-refractivity contribution < 1.29 is 18.0 Å². The normalized spacial score (nSPS) is 15.2. The summed E-state index contributed by atoms with van der Waals surface area (Å²) in [5.74, 6) is -0.279. The molecule has 7 nitrogen and oxygen atoms in total. The molecule has 1 fully saturated rings. The second-order valence-electron chi connectivity index (χ2n) is 6.93. The molecule has 1 N–H and O–H groups in total. The molecular weight excluding hydrogens is 373 g/mol. The first-order valence-electron chi connectivity index (χ1n) is 9.23. The zero-order valence-electron chi connectivity index (χ0n) is 15.6. The van der Waals surface area contributed by atoms with E-state index in [1.807, 2.05) is 0 Å². The van der Waals surface area contributed by atoms with E-state index in [1.165, 1.54) is 16.8 Å². The maximum Gasteiger partial charge on any atom is 0.251 e. The standard InChI is InChI=1S/C18H23F3N6O/c1-12-23-24-25-27(12)16(10-13-3-2-4-14(19)9-13)18(28)22-7-8-26(11-17(20)21)15-5-6-15/h2-4,9,15-17H,5-8,10-11H2,1H3,(H,22,28). The molecule has 0 bridgehead atoms. The number of nitrogens with one attached hydrogen (secondary N) is 1. The van der Waals surface area contributed by atoms with Gasteiger partial charge >= 0.3 is 0 Å². The third kappa shape index (κ3) is 5.51. The minimum atomic E-state index is -2.40. The Morgan fingerprint density at radius 1 is 1.39 bits per heavy atom. The molecule has 1 unspecified atom stereocenters. The van der Waals surface area contributed by atoms with E-state index in [1.54, 1.807) is 24.0 Å². The van der Waals surface area contributed by atoms with Crippen LogP contribution in [0.2, 0.25) is 0 Å². The predicted octanol–water partition coefficient (Wildman–Crippen LogP) is 1.75. The minimum Gasteiger partial charge on any atom is -0.353 e. The summed E-state index contributed by atoms with van der Waals surface area (Å²) in [6, 6.07) is 5.40. The summed E-state index contributed by atoms with van der Waals surface area (Å²) in [4.78, 5) is 14.5. The molecular formula is C18H23F3N6O. The van der Waals surface area contributed by atoms with Crippen LogP contribution in [0.1, 0.15) is 30.3 Å². The van der Waals surface area contributed by atoms with Crippen LogP contribution in [0.4, 0.5) is 13.2 Å². The zero-order chi connectivity index (χ0) is 20.1. The van der Waals surface area contributed by atoms with Crippen LogP contribution >= 0.6 is 0 Å². The topological polar surface area (TPSA) is 75.9 Å². The third-order valence-electron chi connectivity index (χ3n) is 4.71. The Hall–Kier alpha value is -2.49. The fourth-order valence-corrected chi connectivity index (χ4v) is 3.18. The highest BCUT2D eigenvalue weighted by molar-refractivity contribution is 5.80. The number of halogens is 3. The molecule has 2 aromatic rings. The molecule has 0 radical (unpaired) electrons. The van der Waals surface area contributed by atoms with Crippen molar-refractivity contribution in [2.45, 2.75) is 44.7 Å². The molecule has 1 saturated carbocycles. The van der Waals surface area contributed by atoms with Gasteiger partial charge in [0.2, 0.25) is 5.91 Å². The van der Waals surface area contributed by atoms with Gasteiger partial charge in [-0.05, 0) is 47.9 Å². The van der Waals surface area contributed by atoms with E-state index < -0.39 is 18.3 Å². The highest BCUT2D eigenvalue weighted by Crippen LogP contribution is 2.27. The van der Waals surface area contributed by atoms with Gasteiger partial charge in [0.25, 0.3) is 6.43 Å². The van der Waals surface area contributed by atoms with E-state index in [0.717, 1.165) is 12.8 Å². The summed E-state index contributed by atoms with van der Waals surface area (Å²) in [5, 5.41) is 14.0. The highest BCUT2D eigenvalue weighted by atomic mass is 19.3. The van der Waals surface area contributed by atoms with E-state index in [-0.39, 0.29) is 31.5 Å². The van der Waals surface area contributed by atoms with Crippen LogP contribution in [0.25, 0.3) is 0 Å². The van der Waals surface area contributed by atoms with Crippen molar-refractivity contribution in [1.29, 1.82) is 0 Å². The van der Waals surface area contributed by atoms with Crippen LogP contribution in [0.5, 0.6) is 0 Å². The van der Waals surface area contributed by atoms with Crippen molar-refractivity contribution in [2.75, 3.05) is 19.6 Å². The van der Waals surface area contributed by atoms with E-state index in [0.29, 0.717) is 17.9 Å². The Bertz CT molecular complexity index is 795. The number of hydrogen-bond donors (Lipinski definition) is 1. The Morgan fingerprint density at radius 2 is 2.18 bits per heavy atom. The third-order valence-corrected chi connectivity index (χ3v) is 4.71. The molecule has 28 heavy (non-hydrogen) atoms. The first kappa shape index (κ1) is 20.2. The van der Waals surface area contributed by atoms with Gasteiger partial charge in [0.15, 0.2) is 0 Å². The van der Waals surface area contributed by atoms with Crippen LogP contribution in [-0.2, 0) is 11.2 Å². The van der Waals surface area contributed by atoms with E-state index >= 15 is 0 Å². The number of carbonyl (C=O) groups excluding carboxylic acids is 1. The molecule has 1 aromatic carbocycles. The van der Waals surface area contributed by atoms with Gasteiger partial charge in [-0.25, -0.2) is 17.9 Å². The smallest absolute Gasteiger partial charge is 0.251 e. The number of amides is 1. The zero-order valence-corrected chi connectivity index (χ0v) is 15.6. The summed E-state index contributed by atoms with van der Waals surface area (Å²) in [6.07, 6.45) is -0.376. The summed E-state index contributed by atoms with van der Waals surface area (Å²) < 4.78 is 40.3. The number of tetrazole rings is 1.